The molecule has 1 amide bonds. The summed E-state index contributed by atoms with van der Waals surface area (Å²) in [6.45, 7) is 0. The molecule has 0 aromatic heterocycles. The van der Waals surface area contributed by atoms with Gasteiger partial charge in [-0.05, 0) is 36.1 Å². The zero-order chi connectivity index (χ0) is 17.9. The molecular weight excluding hydrogens is 338 g/mol. The van der Waals surface area contributed by atoms with Crippen molar-refractivity contribution in [2.75, 3.05) is 0 Å². The summed E-state index contributed by atoms with van der Waals surface area (Å²) < 4.78 is 0. The van der Waals surface area contributed by atoms with Gasteiger partial charge in [-0.15, -0.1) is 0 Å². The Labute approximate surface area is 151 Å². The minimum Gasteiger partial charge on any atom is -0.481 e. The number of carboxylic acids is 1. The molecule has 1 aliphatic carbocycles. The molecule has 0 saturated heterocycles. The molecule has 5 heteroatoms. The number of carboxylic acid groups (broad SMARTS) is 1. The van der Waals surface area contributed by atoms with Crippen LogP contribution in [-0.2, 0) is 9.59 Å². The second kappa shape index (κ2) is 7.28. The van der Waals surface area contributed by atoms with Crippen LogP contribution in [0.5, 0.6) is 0 Å². The van der Waals surface area contributed by atoms with E-state index >= 15 is 0 Å². The molecule has 0 spiro atoms. The minimum absolute atomic E-state index is 0.00618. The van der Waals surface area contributed by atoms with Crippen LogP contribution in [0.4, 0.5) is 0 Å². The van der Waals surface area contributed by atoms with E-state index in [0.29, 0.717) is 17.9 Å². The molecule has 130 valence electrons. The first-order valence-corrected chi connectivity index (χ1v) is 8.71. The van der Waals surface area contributed by atoms with Crippen LogP contribution in [0.3, 0.4) is 0 Å². The maximum Gasteiger partial charge on any atom is 0.310 e. The fourth-order valence-electron chi connectivity index (χ4n) is 3.28. The van der Waals surface area contributed by atoms with Crippen LogP contribution < -0.4 is 5.32 Å². The van der Waals surface area contributed by atoms with Crippen LogP contribution in [0.1, 0.15) is 42.9 Å². The molecule has 0 bridgehead atoms. The molecule has 0 aliphatic heterocycles. The number of carbonyl (C=O) groups is 2. The lowest BCUT2D eigenvalue weighted by atomic mass is 9.66. The zero-order valence-corrected chi connectivity index (χ0v) is 14.5. The predicted molar refractivity (Wildman–Crippen MR) is 96.4 cm³/mol. The quantitative estimate of drug-likeness (QED) is 0.814. The fraction of sp³-hybridized carbons (Fsp3) is 0.300. The molecule has 1 aliphatic rings. The van der Waals surface area contributed by atoms with E-state index in [4.69, 9.17) is 11.6 Å². The van der Waals surface area contributed by atoms with Crippen molar-refractivity contribution in [1.29, 1.82) is 0 Å². The van der Waals surface area contributed by atoms with Gasteiger partial charge in [-0.1, -0.05) is 60.5 Å². The van der Waals surface area contributed by atoms with Gasteiger partial charge in [0.05, 0.1) is 11.5 Å². The molecule has 1 unspecified atom stereocenters. The summed E-state index contributed by atoms with van der Waals surface area (Å²) in [5.41, 5.74) is 0.890. The molecule has 3 rings (SSSR count). The van der Waals surface area contributed by atoms with Gasteiger partial charge in [0.2, 0.25) is 5.91 Å². The van der Waals surface area contributed by atoms with Crippen molar-refractivity contribution in [2.45, 2.75) is 31.7 Å². The van der Waals surface area contributed by atoms with Crippen LogP contribution in [-0.4, -0.2) is 17.0 Å². The number of amides is 1. The highest BCUT2D eigenvalue weighted by molar-refractivity contribution is 6.30. The topological polar surface area (TPSA) is 66.4 Å². The summed E-state index contributed by atoms with van der Waals surface area (Å²) in [7, 11) is 0. The Kier molecular flexibility index (Phi) is 5.09. The lowest BCUT2D eigenvalue weighted by Gasteiger charge is -2.37. The molecule has 25 heavy (non-hydrogen) atoms. The summed E-state index contributed by atoms with van der Waals surface area (Å²) in [5, 5.41) is 13.0. The van der Waals surface area contributed by atoms with E-state index in [-0.39, 0.29) is 18.4 Å². The monoisotopic (exact) mass is 357 g/mol. The standard InChI is InChI=1S/C20H20ClNO3/c21-16-9-4-8-15(12-16)18(14-6-2-1-3-7-14)22-17(23)13-20(19(24)25)10-5-11-20/h1-4,6-9,12,18H,5,10-11,13H2,(H,22,23)(H,24,25). The Morgan fingerprint density at radius 1 is 1.08 bits per heavy atom. The first-order chi connectivity index (χ1) is 12.0. The molecule has 2 aromatic carbocycles. The van der Waals surface area contributed by atoms with E-state index in [9.17, 15) is 14.7 Å². The Balaban J connectivity index is 1.83. The summed E-state index contributed by atoms with van der Waals surface area (Å²) in [5.74, 6) is -1.14. The van der Waals surface area contributed by atoms with Crippen molar-refractivity contribution in [1.82, 2.24) is 5.32 Å². The molecule has 4 nitrogen and oxygen atoms in total. The van der Waals surface area contributed by atoms with Crippen molar-refractivity contribution >= 4 is 23.5 Å². The molecule has 0 heterocycles. The van der Waals surface area contributed by atoms with E-state index < -0.39 is 11.4 Å². The largest absolute Gasteiger partial charge is 0.481 e. The van der Waals surface area contributed by atoms with Gasteiger partial charge in [0.15, 0.2) is 0 Å². The van der Waals surface area contributed by atoms with Gasteiger partial charge < -0.3 is 10.4 Å². The van der Waals surface area contributed by atoms with Crippen LogP contribution in [0.15, 0.2) is 54.6 Å². The third kappa shape index (κ3) is 3.85. The van der Waals surface area contributed by atoms with Gasteiger partial charge in [-0.2, -0.15) is 0 Å². The minimum atomic E-state index is -0.903. The maximum atomic E-state index is 12.6. The first kappa shape index (κ1) is 17.5. The highest BCUT2D eigenvalue weighted by atomic mass is 35.5. The average molecular weight is 358 g/mol. The van der Waals surface area contributed by atoms with E-state index in [0.717, 1.165) is 17.5 Å². The predicted octanol–water partition coefficient (Wildman–Crippen LogP) is 4.19. The highest BCUT2D eigenvalue weighted by Gasteiger charge is 2.46. The lowest BCUT2D eigenvalue weighted by molar-refractivity contribution is -0.157. The van der Waals surface area contributed by atoms with Gasteiger partial charge in [0.25, 0.3) is 0 Å². The number of nitrogens with one attached hydrogen (secondary N) is 1. The smallest absolute Gasteiger partial charge is 0.310 e. The van der Waals surface area contributed by atoms with E-state index in [1.807, 2.05) is 48.5 Å². The van der Waals surface area contributed by atoms with E-state index in [1.54, 1.807) is 6.07 Å². The molecule has 2 aromatic rings. The Morgan fingerprint density at radius 3 is 2.32 bits per heavy atom. The second-order valence-corrected chi connectivity index (χ2v) is 7.02. The third-order valence-electron chi connectivity index (χ3n) is 4.88. The van der Waals surface area contributed by atoms with Crippen molar-refractivity contribution in [2.24, 2.45) is 5.41 Å². The van der Waals surface area contributed by atoms with Crippen molar-refractivity contribution in [3.05, 3.63) is 70.7 Å². The summed E-state index contributed by atoms with van der Waals surface area (Å²) in [6.07, 6.45) is 1.98. The Bertz CT molecular complexity index is 772. The van der Waals surface area contributed by atoms with E-state index in [1.165, 1.54) is 0 Å². The van der Waals surface area contributed by atoms with Gasteiger partial charge in [0, 0.05) is 11.4 Å². The highest BCUT2D eigenvalue weighted by Crippen LogP contribution is 2.44. The number of carbonyl (C=O) groups excluding carboxylic acids is 1. The summed E-state index contributed by atoms with van der Waals surface area (Å²) in [4.78, 5) is 24.1. The zero-order valence-electron chi connectivity index (χ0n) is 13.7. The number of hydrogen-bond donors (Lipinski definition) is 2. The fourth-order valence-corrected chi connectivity index (χ4v) is 3.48. The molecular formula is C20H20ClNO3. The van der Waals surface area contributed by atoms with E-state index in [2.05, 4.69) is 5.32 Å². The second-order valence-electron chi connectivity index (χ2n) is 6.58. The maximum absolute atomic E-state index is 12.6. The van der Waals surface area contributed by atoms with Crippen LogP contribution in [0.2, 0.25) is 5.02 Å². The number of hydrogen-bond acceptors (Lipinski definition) is 2. The van der Waals surface area contributed by atoms with Gasteiger partial charge >= 0.3 is 5.97 Å². The lowest BCUT2D eigenvalue weighted by Crippen LogP contribution is -2.43. The SMILES string of the molecule is O=C(CC1(C(=O)O)CCC1)NC(c1ccccc1)c1cccc(Cl)c1. The number of rotatable bonds is 6. The summed E-state index contributed by atoms with van der Waals surface area (Å²) >= 11 is 6.10. The number of benzene rings is 2. The Hall–Kier alpha value is -2.33. The average Bonchev–Trinajstić information content (AvgIpc) is 2.56. The van der Waals surface area contributed by atoms with Crippen molar-refractivity contribution in [3.63, 3.8) is 0 Å². The molecule has 1 saturated carbocycles. The van der Waals surface area contributed by atoms with Crippen molar-refractivity contribution in [3.8, 4) is 0 Å². The number of halogens is 1. The molecule has 0 radical (unpaired) electrons. The third-order valence-corrected chi connectivity index (χ3v) is 5.12. The van der Waals surface area contributed by atoms with Gasteiger partial charge in [0.1, 0.15) is 0 Å². The number of aliphatic carboxylic acids is 1. The normalized spacial score (nSPS) is 16.5. The van der Waals surface area contributed by atoms with Crippen LogP contribution in [0, 0.1) is 5.41 Å². The van der Waals surface area contributed by atoms with Crippen LogP contribution in [0.25, 0.3) is 0 Å². The summed E-state index contributed by atoms with van der Waals surface area (Å²) in [6, 6.07) is 16.6. The van der Waals surface area contributed by atoms with Crippen molar-refractivity contribution < 1.29 is 14.7 Å². The van der Waals surface area contributed by atoms with Crippen LogP contribution >= 0.6 is 11.6 Å². The molecule has 2 N–H and O–H groups in total. The van der Waals surface area contributed by atoms with Gasteiger partial charge in [-0.3, -0.25) is 9.59 Å². The Morgan fingerprint density at radius 2 is 1.76 bits per heavy atom. The molecule has 1 atom stereocenters. The van der Waals surface area contributed by atoms with Gasteiger partial charge in [-0.25, -0.2) is 0 Å². The first-order valence-electron chi connectivity index (χ1n) is 8.33. The molecule has 1 fully saturated rings.